The first-order chi connectivity index (χ1) is 7.72. The Hall–Kier alpha value is -2.02. The van der Waals surface area contributed by atoms with E-state index in [2.05, 4.69) is 6.07 Å². The number of hydrogen-bond acceptors (Lipinski definition) is 3. The van der Waals surface area contributed by atoms with E-state index in [-0.39, 0.29) is 6.42 Å². The lowest BCUT2D eigenvalue weighted by Crippen LogP contribution is -2.02. The summed E-state index contributed by atoms with van der Waals surface area (Å²) in [5.41, 5.74) is 0.945. The highest BCUT2D eigenvalue weighted by molar-refractivity contribution is 5.66. The molecule has 0 atom stereocenters. The van der Waals surface area contributed by atoms with E-state index in [9.17, 15) is 4.79 Å². The molecule has 1 rings (SSSR count). The summed E-state index contributed by atoms with van der Waals surface area (Å²) in [6, 6.07) is 9.29. The van der Waals surface area contributed by atoms with Crippen LogP contribution in [0.25, 0.3) is 0 Å². The van der Waals surface area contributed by atoms with E-state index in [1.807, 2.05) is 12.1 Å². The Morgan fingerprint density at radius 2 is 2.06 bits per heavy atom. The van der Waals surface area contributed by atoms with Gasteiger partial charge in [-0.1, -0.05) is 12.1 Å². The van der Waals surface area contributed by atoms with Crippen LogP contribution in [-0.2, 0) is 11.2 Å². The summed E-state index contributed by atoms with van der Waals surface area (Å²) in [6.45, 7) is 0.393. The molecule has 0 saturated carbocycles. The average molecular weight is 219 g/mol. The van der Waals surface area contributed by atoms with E-state index in [1.165, 1.54) is 0 Å². The Balaban J connectivity index is 2.32. The Kier molecular flexibility index (Phi) is 4.87. The van der Waals surface area contributed by atoms with E-state index in [4.69, 9.17) is 15.1 Å². The lowest BCUT2D eigenvalue weighted by atomic mass is 10.2. The van der Waals surface area contributed by atoms with Gasteiger partial charge in [-0.05, 0) is 24.1 Å². The van der Waals surface area contributed by atoms with Gasteiger partial charge in [-0.25, -0.2) is 0 Å². The number of ether oxygens (including phenoxy) is 1. The van der Waals surface area contributed by atoms with E-state index in [0.717, 1.165) is 5.56 Å². The third kappa shape index (κ3) is 4.47. The summed E-state index contributed by atoms with van der Waals surface area (Å²) in [4.78, 5) is 10.2. The quantitative estimate of drug-likeness (QED) is 0.743. The molecule has 0 heterocycles. The largest absolute Gasteiger partial charge is 0.494 e. The highest BCUT2D eigenvalue weighted by Gasteiger charge is 1.98. The maximum absolute atomic E-state index is 10.2. The number of hydrogen-bond donors (Lipinski definition) is 1. The van der Waals surface area contributed by atoms with Crippen LogP contribution >= 0.6 is 0 Å². The minimum atomic E-state index is -0.812. The molecule has 0 radical (unpaired) electrons. The molecular formula is C12H13NO3. The number of benzene rings is 1. The first-order valence-corrected chi connectivity index (χ1v) is 5.03. The van der Waals surface area contributed by atoms with Crippen molar-refractivity contribution in [1.29, 1.82) is 5.26 Å². The predicted octanol–water partition coefficient (Wildman–Crippen LogP) is 2.00. The molecule has 1 N–H and O–H groups in total. The minimum Gasteiger partial charge on any atom is -0.494 e. The van der Waals surface area contributed by atoms with Crippen LogP contribution in [0, 0.1) is 11.3 Å². The molecule has 4 heteroatoms. The van der Waals surface area contributed by atoms with Gasteiger partial charge in [0.2, 0.25) is 0 Å². The lowest BCUT2D eigenvalue weighted by molar-refractivity contribution is -0.137. The van der Waals surface area contributed by atoms with Gasteiger partial charge < -0.3 is 9.84 Å². The van der Waals surface area contributed by atoms with Gasteiger partial charge in [0.15, 0.2) is 0 Å². The molecule has 0 spiro atoms. The maximum Gasteiger partial charge on any atom is 0.303 e. The molecule has 0 aliphatic heterocycles. The minimum absolute atomic E-state index is 0.118. The van der Waals surface area contributed by atoms with Crippen LogP contribution in [0.2, 0.25) is 0 Å². The Morgan fingerprint density at radius 3 is 2.62 bits per heavy atom. The van der Waals surface area contributed by atoms with Crippen LogP contribution in [0.1, 0.15) is 18.4 Å². The van der Waals surface area contributed by atoms with Crippen LogP contribution < -0.4 is 4.74 Å². The van der Waals surface area contributed by atoms with Crippen molar-refractivity contribution in [2.24, 2.45) is 0 Å². The summed E-state index contributed by atoms with van der Waals surface area (Å²) in [5, 5.41) is 16.9. The smallest absolute Gasteiger partial charge is 0.303 e. The highest BCUT2D eigenvalue weighted by Crippen LogP contribution is 2.12. The van der Waals surface area contributed by atoms with Gasteiger partial charge in [0.1, 0.15) is 5.75 Å². The third-order valence-electron chi connectivity index (χ3n) is 2.01. The number of nitrogens with zero attached hydrogens (tertiary/aromatic N) is 1. The summed E-state index contributed by atoms with van der Waals surface area (Å²) in [7, 11) is 0. The zero-order valence-corrected chi connectivity index (χ0v) is 8.85. The zero-order chi connectivity index (χ0) is 11.8. The molecule has 0 unspecified atom stereocenters. The summed E-state index contributed by atoms with van der Waals surface area (Å²) in [5.74, 6) is -0.111. The van der Waals surface area contributed by atoms with Crippen molar-refractivity contribution in [3.8, 4) is 11.8 Å². The summed E-state index contributed by atoms with van der Waals surface area (Å²) in [6.07, 6.45) is 1.00. The fraction of sp³-hybridized carbons (Fsp3) is 0.333. The number of rotatable bonds is 6. The second kappa shape index (κ2) is 6.46. The lowest BCUT2D eigenvalue weighted by Gasteiger charge is -2.05. The Labute approximate surface area is 94.1 Å². The van der Waals surface area contributed by atoms with Crippen LogP contribution in [0.4, 0.5) is 0 Å². The molecule has 0 aliphatic carbocycles. The van der Waals surface area contributed by atoms with Gasteiger partial charge in [-0.2, -0.15) is 5.26 Å². The second-order valence-corrected chi connectivity index (χ2v) is 3.32. The van der Waals surface area contributed by atoms with Gasteiger partial charge >= 0.3 is 5.97 Å². The van der Waals surface area contributed by atoms with Crippen molar-refractivity contribution in [3.05, 3.63) is 29.8 Å². The summed E-state index contributed by atoms with van der Waals surface area (Å²) >= 11 is 0. The van der Waals surface area contributed by atoms with Crippen molar-refractivity contribution in [3.63, 3.8) is 0 Å². The standard InChI is InChI=1S/C12H13NO3/c13-8-7-10-3-5-11(6-4-10)16-9-1-2-12(14)15/h3-6H,1-2,7,9H2,(H,14,15). The molecule has 1 aromatic carbocycles. The molecule has 1 aromatic rings. The van der Waals surface area contributed by atoms with E-state index in [0.29, 0.717) is 25.2 Å². The maximum atomic E-state index is 10.2. The van der Waals surface area contributed by atoms with E-state index >= 15 is 0 Å². The molecule has 16 heavy (non-hydrogen) atoms. The molecule has 0 aliphatic rings. The number of carboxylic acids is 1. The molecule has 0 bridgehead atoms. The van der Waals surface area contributed by atoms with Crippen LogP contribution in [0.15, 0.2) is 24.3 Å². The third-order valence-corrected chi connectivity index (χ3v) is 2.01. The van der Waals surface area contributed by atoms with Crippen molar-refractivity contribution in [1.82, 2.24) is 0 Å². The second-order valence-electron chi connectivity index (χ2n) is 3.32. The normalized spacial score (nSPS) is 9.44. The SMILES string of the molecule is N#CCc1ccc(OCCCC(=O)O)cc1. The molecule has 0 aromatic heterocycles. The average Bonchev–Trinajstić information content (AvgIpc) is 2.27. The van der Waals surface area contributed by atoms with Gasteiger partial charge in [0.05, 0.1) is 19.1 Å². The van der Waals surface area contributed by atoms with Crippen LogP contribution in [-0.4, -0.2) is 17.7 Å². The topological polar surface area (TPSA) is 70.3 Å². The number of carbonyl (C=O) groups is 1. The molecular weight excluding hydrogens is 206 g/mol. The summed E-state index contributed by atoms with van der Waals surface area (Å²) < 4.78 is 5.34. The van der Waals surface area contributed by atoms with Gasteiger partial charge in [0, 0.05) is 6.42 Å². The van der Waals surface area contributed by atoms with Gasteiger partial charge in [0.25, 0.3) is 0 Å². The van der Waals surface area contributed by atoms with Gasteiger partial charge in [-0.15, -0.1) is 0 Å². The molecule has 84 valence electrons. The van der Waals surface area contributed by atoms with Crippen molar-refractivity contribution in [2.45, 2.75) is 19.3 Å². The Bertz CT molecular complexity index is 378. The first-order valence-electron chi connectivity index (χ1n) is 5.03. The first kappa shape index (κ1) is 12.1. The van der Waals surface area contributed by atoms with Crippen molar-refractivity contribution >= 4 is 5.97 Å². The number of aliphatic carboxylic acids is 1. The number of carboxylic acid groups (broad SMARTS) is 1. The van der Waals surface area contributed by atoms with Crippen LogP contribution in [0.5, 0.6) is 5.75 Å². The number of nitriles is 1. The molecule has 0 fully saturated rings. The van der Waals surface area contributed by atoms with Crippen LogP contribution in [0.3, 0.4) is 0 Å². The van der Waals surface area contributed by atoms with Crippen molar-refractivity contribution < 1.29 is 14.6 Å². The van der Waals surface area contributed by atoms with E-state index < -0.39 is 5.97 Å². The highest BCUT2D eigenvalue weighted by atomic mass is 16.5. The Morgan fingerprint density at radius 1 is 1.38 bits per heavy atom. The predicted molar refractivity (Wildman–Crippen MR) is 58.1 cm³/mol. The fourth-order valence-corrected chi connectivity index (χ4v) is 1.21. The molecule has 4 nitrogen and oxygen atoms in total. The van der Waals surface area contributed by atoms with Crippen molar-refractivity contribution in [2.75, 3.05) is 6.61 Å². The molecule has 0 saturated heterocycles. The zero-order valence-electron chi connectivity index (χ0n) is 8.85. The van der Waals surface area contributed by atoms with E-state index in [1.54, 1.807) is 12.1 Å². The fourth-order valence-electron chi connectivity index (χ4n) is 1.21. The monoisotopic (exact) mass is 219 g/mol. The molecule has 0 amide bonds. The van der Waals surface area contributed by atoms with Gasteiger partial charge in [-0.3, -0.25) is 4.79 Å².